The van der Waals surface area contributed by atoms with Gasteiger partial charge in [0.1, 0.15) is 0 Å². The van der Waals surface area contributed by atoms with E-state index in [1.54, 1.807) is 22.6 Å². The van der Waals surface area contributed by atoms with Crippen molar-refractivity contribution in [3.63, 3.8) is 0 Å². The van der Waals surface area contributed by atoms with E-state index in [9.17, 15) is 4.79 Å². The summed E-state index contributed by atoms with van der Waals surface area (Å²) in [6.45, 7) is 0. The SMILES string of the molecule is Cn1cc(CCC(=O)c2cncs2)cn1. The van der Waals surface area contributed by atoms with Gasteiger partial charge in [-0.3, -0.25) is 14.5 Å². The van der Waals surface area contributed by atoms with Crippen LogP contribution < -0.4 is 0 Å². The topological polar surface area (TPSA) is 47.8 Å². The Morgan fingerprint density at radius 2 is 2.40 bits per heavy atom. The van der Waals surface area contributed by atoms with E-state index < -0.39 is 0 Å². The first-order chi connectivity index (χ1) is 7.25. The van der Waals surface area contributed by atoms with E-state index in [0.717, 1.165) is 16.9 Å². The number of thiazole rings is 1. The summed E-state index contributed by atoms with van der Waals surface area (Å²) in [4.78, 5) is 16.2. The fourth-order valence-electron chi connectivity index (χ4n) is 1.34. The summed E-state index contributed by atoms with van der Waals surface area (Å²) in [5, 5.41) is 4.05. The Labute approximate surface area is 91.6 Å². The van der Waals surface area contributed by atoms with E-state index >= 15 is 0 Å². The van der Waals surface area contributed by atoms with Crippen LogP contribution >= 0.6 is 11.3 Å². The van der Waals surface area contributed by atoms with Gasteiger partial charge in [-0.1, -0.05) is 0 Å². The number of carbonyl (C=O) groups is 1. The molecular weight excluding hydrogens is 210 g/mol. The largest absolute Gasteiger partial charge is 0.293 e. The molecule has 0 aliphatic carbocycles. The lowest BCUT2D eigenvalue weighted by Gasteiger charge is -1.94. The predicted octanol–water partition coefficient (Wildman–Crippen LogP) is 1.69. The van der Waals surface area contributed by atoms with Crippen molar-refractivity contribution in [2.75, 3.05) is 0 Å². The molecule has 2 aromatic heterocycles. The van der Waals surface area contributed by atoms with Crippen LogP contribution in [0.25, 0.3) is 0 Å². The lowest BCUT2D eigenvalue weighted by atomic mass is 10.1. The van der Waals surface area contributed by atoms with E-state index in [4.69, 9.17) is 0 Å². The van der Waals surface area contributed by atoms with Crippen molar-refractivity contribution in [2.24, 2.45) is 7.05 Å². The second kappa shape index (κ2) is 4.35. The Bertz CT molecular complexity index is 447. The summed E-state index contributed by atoms with van der Waals surface area (Å²) in [6.07, 6.45) is 6.61. The molecule has 0 radical (unpaired) electrons. The molecule has 4 nitrogen and oxygen atoms in total. The van der Waals surface area contributed by atoms with Crippen molar-refractivity contribution in [2.45, 2.75) is 12.8 Å². The Morgan fingerprint density at radius 1 is 1.53 bits per heavy atom. The van der Waals surface area contributed by atoms with E-state index in [1.165, 1.54) is 11.3 Å². The van der Waals surface area contributed by atoms with Gasteiger partial charge in [-0.25, -0.2) is 0 Å². The third-order valence-corrected chi connectivity index (χ3v) is 2.92. The molecule has 0 amide bonds. The summed E-state index contributed by atoms with van der Waals surface area (Å²) in [5.41, 5.74) is 2.77. The molecule has 15 heavy (non-hydrogen) atoms. The first-order valence-corrected chi connectivity index (χ1v) is 5.53. The Balaban J connectivity index is 1.91. The van der Waals surface area contributed by atoms with Gasteiger partial charge in [-0.2, -0.15) is 5.10 Å². The zero-order valence-electron chi connectivity index (χ0n) is 8.38. The van der Waals surface area contributed by atoms with Crippen LogP contribution in [0, 0.1) is 0 Å². The zero-order valence-corrected chi connectivity index (χ0v) is 9.20. The molecule has 0 saturated heterocycles. The van der Waals surface area contributed by atoms with Crippen molar-refractivity contribution in [3.05, 3.63) is 34.5 Å². The van der Waals surface area contributed by atoms with Crippen LogP contribution in [-0.4, -0.2) is 20.5 Å². The molecule has 2 aromatic rings. The molecule has 0 spiro atoms. The standard InChI is InChI=1S/C10H11N3OS/c1-13-6-8(4-12-13)2-3-9(14)10-5-11-7-15-10/h4-7H,2-3H2,1H3. The van der Waals surface area contributed by atoms with Crippen molar-refractivity contribution in [3.8, 4) is 0 Å². The minimum absolute atomic E-state index is 0.154. The van der Waals surface area contributed by atoms with Crippen molar-refractivity contribution >= 4 is 17.1 Å². The Hall–Kier alpha value is -1.49. The summed E-state index contributed by atoms with van der Waals surface area (Å²) >= 11 is 1.39. The number of Topliss-reactive ketones (excluding diaryl/α,β-unsaturated/α-hetero) is 1. The quantitative estimate of drug-likeness (QED) is 0.738. The maximum atomic E-state index is 11.6. The third-order valence-electron chi connectivity index (χ3n) is 2.11. The monoisotopic (exact) mass is 221 g/mol. The van der Waals surface area contributed by atoms with Gasteiger partial charge in [0.2, 0.25) is 0 Å². The molecule has 0 atom stereocenters. The number of aryl methyl sites for hydroxylation is 2. The number of nitrogens with zero attached hydrogens (tertiary/aromatic N) is 3. The van der Waals surface area contributed by atoms with Crippen molar-refractivity contribution < 1.29 is 4.79 Å². The number of aromatic nitrogens is 3. The van der Waals surface area contributed by atoms with Crippen LogP contribution in [0.1, 0.15) is 21.7 Å². The van der Waals surface area contributed by atoms with Gasteiger partial charge in [-0.05, 0) is 12.0 Å². The second-order valence-corrected chi connectivity index (χ2v) is 4.20. The lowest BCUT2D eigenvalue weighted by molar-refractivity contribution is 0.0986. The van der Waals surface area contributed by atoms with Crippen LogP contribution in [0.5, 0.6) is 0 Å². The minimum Gasteiger partial charge on any atom is -0.293 e. The number of hydrogen-bond acceptors (Lipinski definition) is 4. The van der Waals surface area contributed by atoms with Gasteiger partial charge in [0.05, 0.1) is 16.6 Å². The molecule has 0 bridgehead atoms. The highest BCUT2D eigenvalue weighted by atomic mass is 32.1. The molecule has 0 aromatic carbocycles. The molecule has 0 N–H and O–H groups in total. The van der Waals surface area contributed by atoms with E-state index in [1.807, 2.05) is 13.2 Å². The smallest absolute Gasteiger partial charge is 0.174 e. The molecule has 0 saturated carbocycles. The van der Waals surface area contributed by atoms with Crippen LogP contribution in [0.4, 0.5) is 0 Å². The average Bonchev–Trinajstić information content (AvgIpc) is 2.84. The molecule has 0 aliphatic rings. The number of rotatable bonds is 4. The van der Waals surface area contributed by atoms with E-state index in [0.29, 0.717) is 6.42 Å². The highest BCUT2D eigenvalue weighted by Gasteiger charge is 2.08. The molecular formula is C10H11N3OS. The van der Waals surface area contributed by atoms with Crippen molar-refractivity contribution in [1.82, 2.24) is 14.8 Å². The first-order valence-electron chi connectivity index (χ1n) is 4.65. The van der Waals surface area contributed by atoms with E-state index in [2.05, 4.69) is 10.1 Å². The maximum absolute atomic E-state index is 11.6. The number of ketones is 1. The van der Waals surface area contributed by atoms with Crippen molar-refractivity contribution in [1.29, 1.82) is 0 Å². The minimum atomic E-state index is 0.154. The highest BCUT2D eigenvalue weighted by molar-refractivity contribution is 7.11. The summed E-state index contributed by atoms with van der Waals surface area (Å²) in [6, 6.07) is 0. The van der Waals surface area contributed by atoms with Gasteiger partial charge >= 0.3 is 0 Å². The molecule has 2 rings (SSSR count). The highest BCUT2D eigenvalue weighted by Crippen LogP contribution is 2.11. The molecule has 78 valence electrons. The average molecular weight is 221 g/mol. The predicted molar refractivity (Wildman–Crippen MR) is 58.0 cm³/mol. The third kappa shape index (κ3) is 2.50. The van der Waals surface area contributed by atoms with Crippen LogP contribution in [0.3, 0.4) is 0 Å². The summed E-state index contributed by atoms with van der Waals surface area (Å²) in [5.74, 6) is 0.154. The van der Waals surface area contributed by atoms with E-state index in [-0.39, 0.29) is 5.78 Å². The normalized spacial score (nSPS) is 10.5. The van der Waals surface area contributed by atoms with Gasteiger partial charge in [0.25, 0.3) is 0 Å². The molecule has 0 unspecified atom stereocenters. The molecule has 5 heteroatoms. The maximum Gasteiger partial charge on any atom is 0.174 e. The second-order valence-electron chi connectivity index (χ2n) is 3.31. The number of carbonyl (C=O) groups excluding carboxylic acids is 1. The summed E-state index contributed by atoms with van der Waals surface area (Å²) in [7, 11) is 1.87. The fraction of sp³-hybridized carbons (Fsp3) is 0.300. The van der Waals surface area contributed by atoms with Gasteiger partial charge in [0, 0.05) is 25.9 Å². The fourth-order valence-corrected chi connectivity index (χ4v) is 1.93. The zero-order chi connectivity index (χ0) is 10.7. The molecule has 2 heterocycles. The molecule has 0 fully saturated rings. The van der Waals surface area contributed by atoms with Crippen LogP contribution in [0.2, 0.25) is 0 Å². The Kier molecular flexibility index (Phi) is 2.91. The van der Waals surface area contributed by atoms with Crippen LogP contribution in [0.15, 0.2) is 24.1 Å². The first kappa shape index (κ1) is 10.0. The molecule has 0 aliphatic heterocycles. The van der Waals surface area contributed by atoms with Gasteiger partial charge < -0.3 is 0 Å². The summed E-state index contributed by atoms with van der Waals surface area (Å²) < 4.78 is 1.74. The lowest BCUT2D eigenvalue weighted by Crippen LogP contribution is -1.98. The van der Waals surface area contributed by atoms with Crippen LogP contribution in [-0.2, 0) is 13.5 Å². The van der Waals surface area contributed by atoms with Gasteiger partial charge in [0.15, 0.2) is 5.78 Å². The number of hydrogen-bond donors (Lipinski definition) is 0. The Morgan fingerprint density at radius 3 is 3.00 bits per heavy atom. The van der Waals surface area contributed by atoms with Gasteiger partial charge in [-0.15, -0.1) is 11.3 Å².